The normalized spacial score (nSPS) is 12.9. The molecule has 4 aromatic rings. The van der Waals surface area contributed by atoms with Crippen LogP contribution in [-0.2, 0) is 6.61 Å². The molecule has 1 heterocycles. The number of ether oxygens (including phenoxy) is 1. The summed E-state index contributed by atoms with van der Waals surface area (Å²) >= 11 is 0. The summed E-state index contributed by atoms with van der Waals surface area (Å²) in [7, 11) is 1.83. The number of fused-ring (bicyclic) bond motifs is 1. The van der Waals surface area contributed by atoms with Crippen LogP contribution in [0.15, 0.2) is 85.1 Å². The Bertz CT molecular complexity index is 1120. The Labute approximate surface area is 188 Å². The summed E-state index contributed by atoms with van der Waals surface area (Å²) in [5, 5.41) is 14.9. The maximum absolute atomic E-state index is 13.4. The van der Waals surface area contributed by atoms with E-state index in [1.807, 2.05) is 73.9 Å². The largest absolute Gasteiger partial charge is 0.489 e. The van der Waals surface area contributed by atoms with E-state index in [2.05, 4.69) is 9.88 Å². The number of rotatable bonds is 8. The molecule has 0 saturated heterocycles. The van der Waals surface area contributed by atoms with Crippen molar-refractivity contribution in [1.29, 1.82) is 0 Å². The first-order valence-corrected chi connectivity index (χ1v) is 10.0. The molecule has 2 atom stereocenters. The van der Waals surface area contributed by atoms with Crippen molar-refractivity contribution in [2.75, 3.05) is 13.6 Å². The second-order valence-corrected chi connectivity index (χ2v) is 7.34. The number of nitrogens with zero attached hydrogens (tertiary/aromatic N) is 1. The third-order valence-electron chi connectivity index (χ3n) is 5.20. The van der Waals surface area contributed by atoms with Gasteiger partial charge in [0.1, 0.15) is 18.2 Å². The molecule has 0 unspecified atom stereocenters. The van der Waals surface area contributed by atoms with Crippen molar-refractivity contribution in [2.24, 2.45) is 0 Å². The molecule has 0 aliphatic rings. The van der Waals surface area contributed by atoms with Gasteiger partial charge in [0.25, 0.3) is 0 Å². The van der Waals surface area contributed by atoms with Crippen molar-refractivity contribution in [2.45, 2.75) is 18.8 Å². The van der Waals surface area contributed by atoms with Gasteiger partial charge >= 0.3 is 0 Å². The number of halogens is 1. The molecule has 6 heteroatoms. The fourth-order valence-electron chi connectivity index (χ4n) is 3.81. The van der Waals surface area contributed by atoms with Gasteiger partial charge < -0.3 is 19.7 Å². The molecule has 3 aromatic carbocycles. The van der Waals surface area contributed by atoms with Crippen LogP contribution in [0.3, 0.4) is 0 Å². The van der Waals surface area contributed by atoms with E-state index in [4.69, 9.17) is 4.74 Å². The number of hydrogen-bond donors (Lipinski definition) is 2. The van der Waals surface area contributed by atoms with Crippen LogP contribution in [-0.4, -0.2) is 29.4 Å². The van der Waals surface area contributed by atoms with Gasteiger partial charge in [0, 0.05) is 23.6 Å². The Kier molecular flexibility index (Phi) is 7.74. The van der Waals surface area contributed by atoms with Gasteiger partial charge in [-0.15, -0.1) is 0 Å². The standard InChI is InChI=1S/C25H25FN2O2.H2S/c1-27-16-24(29)25(19-7-3-2-4-8-19)28-13-12-20-15-22(10-11-23(20)28)30-17-18-6-5-9-21(26)14-18;/h2-15,24-25,27,29H,16-17H2,1H3;1H2/t24-,25+;/m1./s1. The molecule has 0 spiro atoms. The van der Waals surface area contributed by atoms with E-state index in [1.54, 1.807) is 6.07 Å². The Morgan fingerprint density at radius 2 is 1.81 bits per heavy atom. The molecular formula is C25H27FN2O2S. The first kappa shape index (κ1) is 22.9. The fraction of sp³-hybridized carbons (Fsp3) is 0.200. The van der Waals surface area contributed by atoms with Gasteiger partial charge in [0.05, 0.1) is 12.1 Å². The van der Waals surface area contributed by atoms with Crippen LogP contribution < -0.4 is 10.1 Å². The zero-order valence-electron chi connectivity index (χ0n) is 17.3. The van der Waals surface area contributed by atoms with E-state index in [0.717, 1.165) is 27.8 Å². The Morgan fingerprint density at radius 1 is 1.00 bits per heavy atom. The molecule has 1 aromatic heterocycles. The van der Waals surface area contributed by atoms with Crippen molar-refractivity contribution in [3.63, 3.8) is 0 Å². The molecule has 0 saturated carbocycles. The molecule has 31 heavy (non-hydrogen) atoms. The van der Waals surface area contributed by atoms with Crippen LogP contribution in [0.1, 0.15) is 17.2 Å². The molecule has 0 aliphatic carbocycles. The van der Waals surface area contributed by atoms with Gasteiger partial charge in [-0.2, -0.15) is 13.5 Å². The molecule has 0 fully saturated rings. The average Bonchev–Trinajstić information content (AvgIpc) is 3.16. The second-order valence-electron chi connectivity index (χ2n) is 7.34. The summed E-state index contributed by atoms with van der Waals surface area (Å²) in [5.41, 5.74) is 2.84. The Balaban J connectivity index is 0.00000272. The average molecular weight is 439 g/mol. The molecular weight excluding hydrogens is 411 g/mol. The topological polar surface area (TPSA) is 46.4 Å². The fourth-order valence-corrected chi connectivity index (χ4v) is 3.81. The SMILES string of the molecule is CNC[C@@H](O)[C@H](c1ccccc1)n1ccc2cc(OCc3cccc(F)c3)ccc21.S. The number of aliphatic hydroxyl groups is 1. The zero-order valence-corrected chi connectivity index (χ0v) is 18.3. The summed E-state index contributed by atoms with van der Waals surface area (Å²) in [6, 6.07) is 24.1. The Morgan fingerprint density at radius 3 is 2.55 bits per heavy atom. The van der Waals surface area contributed by atoms with Crippen molar-refractivity contribution in [3.8, 4) is 5.75 Å². The van der Waals surface area contributed by atoms with Crippen LogP contribution in [0.2, 0.25) is 0 Å². The minimum atomic E-state index is -0.586. The van der Waals surface area contributed by atoms with E-state index in [0.29, 0.717) is 13.2 Å². The maximum atomic E-state index is 13.4. The van der Waals surface area contributed by atoms with Gasteiger partial charge in [-0.1, -0.05) is 42.5 Å². The predicted molar refractivity (Wildman–Crippen MR) is 128 cm³/mol. The number of aliphatic hydroxyl groups excluding tert-OH is 1. The summed E-state index contributed by atoms with van der Waals surface area (Å²) < 4.78 is 21.3. The number of aromatic nitrogens is 1. The number of likely N-dealkylation sites (N-methyl/N-ethyl adjacent to an activating group) is 1. The molecule has 4 rings (SSSR count). The first-order chi connectivity index (χ1) is 14.7. The maximum Gasteiger partial charge on any atom is 0.123 e. The van der Waals surface area contributed by atoms with Crippen molar-refractivity contribution in [3.05, 3.63) is 102 Å². The predicted octanol–water partition coefficient (Wildman–Crippen LogP) is 4.64. The van der Waals surface area contributed by atoms with Gasteiger partial charge in [-0.3, -0.25) is 0 Å². The van der Waals surface area contributed by atoms with Gasteiger partial charge in [0.2, 0.25) is 0 Å². The summed E-state index contributed by atoms with van der Waals surface area (Å²) in [5.74, 6) is 0.451. The zero-order chi connectivity index (χ0) is 20.9. The lowest BCUT2D eigenvalue weighted by Gasteiger charge is -2.26. The smallest absolute Gasteiger partial charge is 0.123 e. The lowest BCUT2D eigenvalue weighted by molar-refractivity contribution is 0.132. The number of hydrogen-bond acceptors (Lipinski definition) is 3. The molecule has 0 bridgehead atoms. The quantitative estimate of drug-likeness (QED) is 0.421. The Hall–Kier alpha value is -2.80. The second kappa shape index (κ2) is 10.5. The van der Waals surface area contributed by atoms with Crippen LogP contribution in [0, 0.1) is 5.82 Å². The molecule has 4 nitrogen and oxygen atoms in total. The summed E-state index contributed by atoms with van der Waals surface area (Å²) in [6.45, 7) is 0.783. The molecule has 2 N–H and O–H groups in total. The first-order valence-electron chi connectivity index (χ1n) is 10.0. The molecule has 0 aliphatic heterocycles. The third-order valence-corrected chi connectivity index (χ3v) is 5.20. The van der Waals surface area contributed by atoms with E-state index in [-0.39, 0.29) is 25.4 Å². The van der Waals surface area contributed by atoms with E-state index < -0.39 is 6.10 Å². The van der Waals surface area contributed by atoms with Gasteiger partial charge in [-0.25, -0.2) is 4.39 Å². The van der Waals surface area contributed by atoms with Crippen molar-refractivity contribution >= 4 is 24.4 Å². The van der Waals surface area contributed by atoms with Crippen LogP contribution in [0.5, 0.6) is 5.75 Å². The highest BCUT2D eigenvalue weighted by Gasteiger charge is 2.23. The van der Waals surface area contributed by atoms with Crippen molar-refractivity contribution in [1.82, 2.24) is 9.88 Å². The summed E-state index contributed by atoms with van der Waals surface area (Å²) in [6.07, 6.45) is 1.41. The minimum absolute atomic E-state index is 0. The molecule has 162 valence electrons. The van der Waals surface area contributed by atoms with Crippen LogP contribution in [0.4, 0.5) is 4.39 Å². The highest BCUT2D eigenvalue weighted by Crippen LogP contribution is 2.30. The lowest BCUT2D eigenvalue weighted by Crippen LogP contribution is -2.33. The van der Waals surface area contributed by atoms with Crippen molar-refractivity contribution < 1.29 is 14.2 Å². The lowest BCUT2D eigenvalue weighted by atomic mass is 10.0. The van der Waals surface area contributed by atoms with E-state index in [1.165, 1.54) is 12.1 Å². The van der Waals surface area contributed by atoms with E-state index >= 15 is 0 Å². The highest BCUT2D eigenvalue weighted by atomic mass is 32.1. The molecule has 0 radical (unpaired) electrons. The van der Waals surface area contributed by atoms with Crippen LogP contribution >= 0.6 is 13.5 Å². The summed E-state index contributed by atoms with van der Waals surface area (Å²) in [4.78, 5) is 0. The molecule has 0 amide bonds. The third kappa shape index (κ3) is 5.28. The monoisotopic (exact) mass is 438 g/mol. The van der Waals surface area contributed by atoms with Crippen LogP contribution in [0.25, 0.3) is 10.9 Å². The highest BCUT2D eigenvalue weighted by molar-refractivity contribution is 7.59. The van der Waals surface area contributed by atoms with E-state index in [9.17, 15) is 9.50 Å². The van der Waals surface area contributed by atoms with Gasteiger partial charge in [-0.05, 0) is 54.6 Å². The number of nitrogens with one attached hydrogen (secondary N) is 1. The number of benzene rings is 3. The van der Waals surface area contributed by atoms with Gasteiger partial charge in [0.15, 0.2) is 0 Å². The minimum Gasteiger partial charge on any atom is -0.489 e.